The minimum atomic E-state index is 0.102. The van der Waals surface area contributed by atoms with Crippen molar-refractivity contribution in [3.8, 4) is 0 Å². The Hall–Kier alpha value is -1.58. The van der Waals surface area contributed by atoms with E-state index in [1.165, 1.54) is 16.0 Å². The van der Waals surface area contributed by atoms with Gasteiger partial charge in [0.05, 0.1) is 6.61 Å². The Labute approximate surface area is 290 Å². The molecule has 4 aromatic rings. The van der Waals surface area contributed by atoms with Crippen molar-refractivity contribution in [3.63, 3.8) is 0 Å². The number of thiol groups is 1. The number of thioether (sulfide) groups is 1. The first-order valence-corrected chi connectivity index (χ1v) is 18.0. The molecule has 0 atom stereocenters. The van der Waals surface area contributed by atoms with Gasteiger partial charge in [-0.25, -0.2) is 0 Å². The van der Waals surface area contributed by atoms with Crippen molar-refractivity contribution in [2.75, 3.05) is 0 Å². The summed E-state index contributed by atoms with van der Waals surface area (Å²) in [5, 5.41) is 8.67. The third-order valence-corrected chi connectivity index (χ3v) is 8.27. The lowest BCUT2D eigenvalue weighted by Gasteiger charge is -2.05. The maximum atomic E-state index is 8.67. The van der Waals surface area contributed by atoms with Gasteiger partial charge in [0.15, 0.2) is 0 Å². The number of rotatable bonds is 6. The first-order chi connectivity index (χ1) is 21.0. The van der Waals surface area contributed by atoms with E-state index in [4.69, 9.17) is 16.6 Å². The largest absolute Gasteiger partial charge is 0.392 e. The Balaban J connectivity index is -0.000000529. The van der Waals surface area contributed by atoms with Crippen LogP contribution in [-0.2, 0) is 25.4 Å². The molecule has 0 heterocycles. The van der Waals surface area contributed by atoms with Crippen LogP contribution in [0.4, 0.5) is 0 Å². The van der Waals surface area contributed by atoms with Gasteiger partial charge in [0.1, 0.15) is 0 Å². The zero-order chi connectivity index (χ0) is 33.5. The molecule has 240 valence electrons. The van der Waals surface area contributed by atoms with Crippen molar-refractivity contribution < 1.29 is 5.11 Å². The zero-order valence-electron chi connectivity index (χ0n) is 27.3. The van der Waals surface area contributed by atoms with Crippen LogP contribution in [0.25, 0.3) is 0 Å². The van der Waals surface area contributed by atoms with Crippen molar-refractivity contribution in [2.45, 2.75) is 90.6 Å². The number of nitrogens with two attached hydrogens (primary N) is 2. The van der Waals surface area contributed by atoms with Gasteiger partial charge in [-0.2, -0.15) is 0 Å². The highest BCUT2D eigenvalue weighted by Crippen LogP contribution is 2.29. The monoisotopic (exact) mass is 752 g/mol. The lowest BCUT2D eigenvalue weighted by atomic mass is 10.1. The van der Waals surface area contributed by atoms with Crippen molar-refractivity contribution in [3.05, 3.63) is 128 Å². The van der Waals surface area contributed by atoms with Crippen molar-refractivity contribution in [2.24, 2.45) is 11.5 Å². The first kappa shape index (κ1) is 45.8. The number of hydrogen-bond donors (Lipinski definition) is 4. The van der Waals surface area contributed by atoms with E-state index in [1.54, 1.807) is 0 Å². The predicted octanol–water partition coefficient (Wildman–Crippen LogP) is 11.7. The molecule has 0 spiro atoms. The zero-order valence-corrected chi connectivity index (χ0v) is 32.2. The van der Waals surface area contributed by atoms with E-state index in [-0.39, 0.29) is 6.61 Å². The standard InChI is InChI=1S/C14H14BrNS.C8H11NO.C6H5BrS.4C2H6/c15-13-3-1-2-4-14(13)17-10-12-7-5-11(9-16)6-8-12;9-5-7-1-3-8(6-10)4-2-7;7-5-3-1-2-4-6(5)8;4*1-2/h1-8H,9-10,16H2;1-4,10H,5-6,9H2;1-4,8H;4*1-2H3. The molecule has 43 heavy (non-hydrogen) atoms. The van der Waals surface area contributed by atoms with Gasteiger partial charge in [-0.15, -0.1) is 24.4 Å². The van der Waals surface area contributed by atoms with E-state index in [2.05, 4.69) is 87.0 Å². The van der Waals surface area contributed by atoms with Gasteiger partial charge in [-0.05, 0) is 78.4 Å². The van der Waals surface area contributed by atoms with E-state index >= 15 is 0 Å². The van der Waals surface area contributed by atoms with Gasteiger partial charge < -0.3 is 16.6 Å². The molecule has 7 heteroatoms. The first-order valence-electron chi connectivity index (χ1n) is 14.9. The molecule has 0 aromatic heterocycles. The number of aliphatic hydroxyl groups is 1. The van der Waals surface area contributed by atoms with Crippen LogP contribution in [0.5, 0.6) is 0 Å². The van der Waals surface area contributed by atoms with E-state index in [9.17, 15) is 0 Å². The molecule has 0 radical (unpaired) electrons. The van der Waals surface area contributed by atoms with Crippen LogP contribution < -0.4 is 11.5 Å². The third-order valence-electron chi connectivity index (χ3n) is 4.78. The average Bonchev–Trinajstić information content (AvgIpc) is 3.10. The minimum absolute atomic E-state index is 0.102. The highest BCUT2D eigenvalue weighted by Gasteiger charge is 2.00. The second-order valence-corrected chi connectivity index (χ2v) is 10.6. The molecule has 0 bridgehead atoms. The second-order valence-electron chi connectivity index (χ2n) is 7.37. The van der Waals surface area contributed by atoms with Crippen LogP contribution in [0.15, 0.2) is 116 Å². The molecule has 0 fully saturated rings. The summed E-state index contributed by atoms with van der Waals surface area (Å²) in [4.78, 5) is 2.25. The molecule has 0 saturated carbocycles. The summed E-state index contributed by atoms with van der Waals surface area (Å²) in [5.41, 5.74) is 15.5. The number of hydrogen-bond acceptors (Lipinski definition) is 5. The highest BCUT2D eigenvalue weighted by atomic mass is 79.9. The van der Waals surface area contributed by atoms with Crippen molar-refractivity contribution in [1.29, 1.82) is 0 Å². The molecule has 0 aliphatic rings. The minimum Gasteiger partial charge on any atom is -0.392 e. The molecule has 0 saturated heterocycles. The summed E-state index contributed by atoms with van der Waals surface area (Å²) in [6, 6.07) is 32.2. The molecule has 5 N–H and O–H groups in total. The Bertz CT molecular complexity index is 1100. The van der Waals surface area contributed by atoms with E-state index in [0.717, 1.165) is 30.7 Å². The topological polar surface area (TPSA) is 72.3 Å². The molecule has 0 unspecified atom stereocenters. The number of aliphatic hydroxyl groups excluding tert-OH is 1. The fourth-order valence-electron chi connectivity index (χ4n) is 2.73. The SMILES string of the molecule is CC.CC.CC.CC.NCc1ccc(CO)cc1.NCc1ccc(CSc2ccccc2Br)cc1.Sc1ccccc1Br. The van der Waals surface area contributed by atoms with E-state index in [0.29, 0.717) is 13.1 Å². The maximum absolute atomic E-state index is 8.67. The molecule has 4 rings (SSSR count). The Morgan fingerprint density at radius 1 is 0.558 bits per heavy atom. The molecule has 0 aliphatic heterocycles. The fourth-order valence-corrected chi connectivity index (χ4v) is 4.70. The maximum Gasteiger partial charge on any atom is 0.0681 e. The van der Waals surface area contributed by atoms with Crippen LogP contribution >= 0.6 is 56.3 Å². The highest BCUT2D eigenvalue weighted by molar-refractivity contribution is 9.10. The summed E-state index contributed by atoms with van der Waals surface area (Å²) >= 11 is 12.9. The second kappa shape index (κ2) is 33.3. The fraction of sp³-hybridized carbons (Fsp3) is 0.333. The molecular formula is C36H54Br2N2OS2. The van der Waals surface area contributed by atoms with Crippen LogP contribution in [-0.4, -0.2) is 5.11 Å². The normalized spacial score (nSPS) is 8.70. The summed E-state index contributed by atoms with van der Waals surface area (Å²) < 4.78 is 2.20. The van der Waals surface area contributed by atoms with Gasteiger partial charge in [0.25, 0.3) is 0 Å². The van der Waals surface area contributed by atoms with Gasteiger partial charge in [-0.3, -0.25) is 0 Å². The predicted molar refractivity (Wildman–Crippen MR) is 205 cm³/mol. The molecule has 0 amide bonds. The van der Waals surface area contributed by atoms with E-state index in [1.807, 2.05) is 122 Å². The van der Waals surface area contributed by atoms with Gasteiger partial charge >= 0.3 is 0 Å². The van der Waals surface area contributed by atoms with Crippen LogP contribution in [0.3, 0.4) is 0 Å². The van der Waals surface area contributed by atoms with Crippen molar-refractivity contribution >= 4 is 56.3 Å². The molecule has 4 aromatic carbocycles. The average molecular weight is 755 g/mol. The van der Waals surface area contributed by atoms with Gasteiger partial charge in [0.2, 0.25) is 0 Å². The summed E-state index contributed by atoms with van der Waals surface area (Å²) in [6.45, 7) is 17.3. The lowest BCUT2D eigenvalue weighted by Crippen LogP contribution is -1.95. The molecule has 3 nitrogen and oxygen atoms in total. The Morgan fingerprint density at radius 3 is 1.28 bits per heavy atom. The summed E-state index contributed by atoms with van der Waals surface area (Å²) in [5.74, 6) is 0.980. The molecule has 0 aliphatic carbocycles. The van der Waals surface area contributed by atoms with Crippen LogP contribution in [0, 0.1) is 0 Å². The number of halogens is 2. The summed E-state index contributed by atoms with van der Waals surface area (Å²) in [6.07, 6.45) is 0. The molecular weight excluding hydrogens is 700 g/mol. The van der Waals surface area contributed by atoms with Crippen LogP contribution in [0.2, 0.25) is 0 Å². The van der Waals surface area contributed by atoms with Crippen molar-refractivity contribution in [1.82, 2.24) is 0 Å². The lowest BCUT2D eigenvalue weighted by molar-refractivity contribution is 0.282. The Morgan fingerprint density at radius 2 is 0.930 bits per heavy atom. The van der Waals surface area contributed by atoms with Crippen LogP contribution in [0.1, 0.15) is 77.6 Å². The summed E-state index contributed by atoms with van der Waals surface area (Å²) in [7, 11) is 0. The van der Waals surface area contributed by atoms with Gasteiger partial charge in [-0.1, -0.05) is 128 Å². The Kier molecular flexibility index (Phi) is 35.5. The number of benzene rings is 4. The van der Waals surface area contributed by atoms with E-state index < -0.39 is 0 Å². The third kappa shape index (κ3) is 22.6. The quantitative estimate of drug-likeness (QED) is 0.117. The van der Waals surface area contributed by atoms with Gasteiger partial charge in [0, 0.05) is 37.6 Å². The smallest absolute Gasteiger partial charge is 0.0681 e.